The monoisotopic (exact) mass is 365 g/mol. The van der Waals surface area contributed by atoms with Crippen molar-refractivity contribution in [3.05, 3.63) is 65.9 Å². The first-order chi connectivity index (χ1) is 13.1. The molecule has 1 heterocycles. The van der Waals surface area contributed by atoms with E-state index < -0.39 is 5.91 Å². The van der Waals surface area contributed by atoms with Crippen LogP contribution in [-0.2, 0) is 16.1 Å². The molecule has 0 saturated heterocycles. The van der Waals surface area contributed by atoms with Crippen molar-refractivity contribution >= 4 is 29.0 Å². The molecule has 3 rings (SSSR count). The summed E-state index contributed by atoms with van der Waals surface area (Å²) in [5, 5.41) is 14.6. The molecule has 138 valence electrons. The number of phenolic OH excluding ortho intramolecular Hbond substituents is 1. The van der Waals surface area contributed by atoms with Crippen LogP contribution in [0.3, 0.4) is 0 Å². The predicted octanol–water partition coefficient (Wildman–Crippen LogP) is 2.67. The van der Waals surface area contributed by atoms with Gasteiger partial charge in [0.05, 0.1) is 18.4 Å². The lowest BCUT2D eigenvalue weighted by Crippen LogP contribution is -2.17. The molecule has 0 aliphatic carbocycles. The molecule has 0 aliphatic heterocycles. The highest BCUT2D eigenvalue weighted by atomic mass is 16.5. The summed E-state index contributed by atoms with van der Waals surface area (Å²) in [6.07, 6.45) is 3.28. The van der Waals surface area contributed by atoms with Gasteiger partial charge in [0.1, 0.15) is 12.3 Å². The van der Waals surface area contributed by atoms with Gasteiger partial charge in [0.2, 0.25) is 0 Å². The number of amides is 1. The van der Waals surface area contributed by atoms with Gasteiger partial charge < -0.3 is 14.4 Å². The molecule has 0 radical (unpaired) electrons. The van der Waals surface area contributed by atoms with Crippen LogP contribution in [0.25, 0.3) is 10.9 Å². The number of benzene rings is 2. The van der Waals surface area contributed by atoms with Gasteiger partial charge in [-0.3, -0.25) is 9.59 Å². The number of hydrogen-bond acceptors (Lipinski definition) is 5. The van der Waals surface area contributed by atoms with Crippen LogP contribution in [0, 0.1) is 0 Å². The Kier molecular flexibility index (Phi) is 5.51. The Hall–Kier alpha value is -3.61. The van der Waals surface area contributed by atoms with Crippen LogP contribution < -0.4 is 5.43 Å². The molecule has 0 spiro atoms. The lowest BCUT2D eigenvalue weighted by molar-refractivity contribution is -0.143. The number of hydrogen-bond donors (Lipinski definition) is 2. The van der Waals surface area contributed by atoms with Crippen molar-refractivity contribution < 1.29 is 19.4 Å². The smallest absolute Gasteiger partial charge is 0.325 e. The van der Waals surface area contributed by atoms with Gasteiger partial charge in [-0.15, -0.1) is 0 Å². The van der Waals surface area contributed by atoms with Crippen molar-refractivity contribution in [2.24, 2.45) is 5.10 Å². The summed E-state index contributed by atoms with van der Waals surface area (Å²) in [6, 6.07) is 13.8. The molecule has 0 atom stereocenters. The number of carbonyl (C=O) groups is 2. The van der Waals surface area contributed by atoms with Gasteiger partial charge in [-0.05, 0) is 25.1 Å². The average molecular weight is 365 g/mol. The second-order valence-corrected chi connectivity index (χ2v) is 5.75. The van der Waals surface area contributed by atoms with Crippen molar-refractivity contribution in [3.8, 4) is 5.75 Å². The minimum atomic E-state index is -0.514. The zero-order valence-corrected chi connectivity index (χ0v) is 14.8. The number of nitrogens with zero attached hydrogens (tertiary/aromatic N) is 2. The van der Waals surface area contributed by atoms with Crippen molar-refractivity contribution in [2.45, 2.75) is 13.5 Å². The Morgan fingerprint density at radius 3 is 2.70 bits per heavy atom. The van der Waals surface area contributed by atoms with Crippen LogP contribution in [-0.4, -0.2) is 34.4 Å². The van der Waals surface area contributed by atoms with Crippen LogP contribution in [0.1, 0.15) is 22.8 Å². The van der Waals surface area contributed by atoms with Crippen molar-refractivity contribution in [1.82, 2.24) is 9.99 Å². The van der Waals surface area contributed by atoms with Gasteiger partial charge in [0.15, 0.2) is 0 Å². The predicted molar refractivity (Wildman–Crippen MR) is 102 cm³/mol. The molecular weight excluding hydrogens is 346 g/mol. The Morgan fingerprint density at radius 1 is 1.19 bits per heavy atom. The number of esters is 1. The molecule has 1 aromatic heterocycles. The fraction of sp³-hybridized carbons (Fsp3) is 0.150. The molecule has 0 saturated carbocycles. The first-order valence-electron chi connectivity index (χ1n) is 8.45. The summed E-state index contributed by atoms with van der Waals surface area (Å²) in [4.78, 5) is 23.9. The number of fused-ring (bicyclic) bond motifs is 1. The maximum absolute atomic E-state index is 12.1. The number of rotatable bonds is 6. The highest BCUT2D eigenvalue weighted by Gasteiger charge is 2.11. The van der Waals surface area contributed by atoms with Crippen LogP contribution in [0.2, 0.25) is 0 Å². The fourth-order valence-corrected chi connectivity index (χ4v) is 2.74. The Bertz CT molecular complexity index is 1010. The van der Waals surface area contributed by atoms with Gasteiger partial charge in [0, 0.05) is 22.7 Å². The van der Waals surface area contributed by atoms with E-state index >= 15 is 0 Å². The minimum Gasteiger partial charge on any atom is -0.507 e. The van der Waals surface area contributed by atoms with Gasteiger partial charge in [0.25, 0.3) is 5.91 Å². The van der Waals surface area contributed by atoms with E-state index in [1.807, 2.05) is 24.3 Å². The Morgan fingerprint density at radius 2 is 1.93 bits per heavy atom. The Balaban J connectivity index is 1.80. The maximum atomic E-state index is 12.1. The zero-order valence-electron chi connectivity index (χ0n) is 14.8. The molecule has 7 heteroatoms. The van der Waals surface area contributed by atoms with Crippen LogP contribution >= 0.6 is 0 Å². The normalized spacial score (nSPS) is 11.0. The van der Waals surface area contributed by atoms with Crippen molar-refractivity contribution in [2.75, 3.05) is 6.61 Å². The van der Waals surface area contributed by atoms with Gasteiger partial charge in [-0.1, -0.05) is 30.3 Å². The Labute approximate surface area is 155 Å². The maximum Gasteiger partial charge on any atom is 0.325 e. The van der Waals surface area contributed by atoms with Gasteiger partial charge in [-0.2, -0.15) is 5.10 Å². The number of carbonyl (C=O) groups excluding carboxylic acids is 2. The quantitative estimate of drug-likeness (QED) is 0.399. The number of para-hydroxylation sites is 2. The van der Waals surface area contributed by atoms with E-state index in [0.29, 0.717) is 6.61 Å². The van der Waals surface area contributed by atoms with E-state index in [0.717, 1.165) is 16.5 Å². The van der Waals surface area contributed by atoms with Gasteiger partial charge >= 0.3 is 5.97 Å². The highest BCUT2D eigenvalue weighted by Crippen LogP contribution is 2.20. The summed E-state index contributed by atoms with van der Waals surface area (Å²) < 4.78 is 6.78. The van der Waals surface area contributed by atoms with Gasteiger partial charge in [-0.25, -0.2) is 5.43 Å². The number of aromatic hydroxyl groups is 1. The SMILES string of the molecule is CCOC(=O)Cn1cc(/C=N/NC(=O)c2ccccc2O)c2ccccc21. The lowest BCUT2D eigenvalue weighted by atomic mass is 10.2. The number of ether oxygens (including phenoxy) is 1. The zero-order chi connectivity index (χ0) is 19.2. The number of nitrogens with one attached hydrogen (secondary N) is 1. The second kappa shape index (κ2) is 8.18. The van der Waals surface area contributed by atoms with E-state index in [-0.39, 0.29) is 23.8 Å². The first-order valence-corrected chi connectivity index (χ1v) is 8.45. The van der Waals surface area contributed by atoms with Crippen LogP contribution in [0.15, 0.2) is 59.8 Å². The summed E-state index contributed by atoms with van der Waals surface area (Å²) in [5.41, 5.74) is 4.13. The van der Waals surface area contributed by atoms with Crippen molar-refractivity contribution in [3.63, 3.8) is 0 Å². The molecule has 0 bridgehead atoms. The molecule has 2 aromatic carbocycles. The summed E-state index contributed by atoms with van der Waals surface area (Å²) >= 11 is 0. The van der Waals surface area contributed by atoms with E-state index in [1.165, 1.54) is 18.3 Å². The lowest BCUT2D eigenvalue weighted by Gasteiger charge is -2.04. The van der Waals surface area contributed by atoms with E-state index in [2.05, 4.69) is 10.5 Å². The van der Waals surface area contributed by atoms with Crippen LogP contribution in [0.4, 0.5) is 0 Å². The van der Waals surface area contributed by atoms with Crippen LogP contribution in [0.5, 0.6) is 5.75 Å². The highest BCUT2D eigenvalue weighted by molar-refractivity contribution is 6.01. The second-order valence-electron chi connectivity index (χ2n) is 5.75. The molecule has 27 heavy (non-hydrogen) atoms. The first kappa shape index (κ1) is 18.2. The van der Waals surface area contributed by atoms with E-state index in [1.54, 1.807) is 29.8 Å². The molecule has 3 aromatic rings. The van der Waals surface area contributed by atoms with E-state index in [4.69, 9.17) is 4.74 Å². The summed E-state index contributed by atoms with van der Waals surface area (Å²) in [7, 11) is 0. The number of aromatic nitrogens is 1. The summed E-state index contributed by atoms with van der Waals surface area (Å²) in [5.74, 6) is -0.953. The molecule has 7 nitrogen and oxygen atoms in total. The molecule has 0 unspecified atom stereocenters. The third-order valence-corrected chi connectivity index (χ3v) is 3.94. The molecular formula is C20H19N3O4. The average Bonchev–Trinajstić information content (AvgIpc) is 3.00. The molecule has 0 fully saturated rings. The number of hydrazone groups is 1. The standard InChI is InChI=1S/C20H19N3O4/c1-2-27-19(25)13-23-12-14(15-7-3-5-9-17(15)23)11-21-22-20(26)16-8-4-6-10-18(16)24/h3-12,24H,2,13H2,1H3,(H,22,26)/b21-11+. The molecule has 2 N–H and O–H groups in total. The fourth-order valence-electron chi connectivity index (χ4n) is 2.74. The van der Waals surface area contributed by atoms with Crippen molar-refractivity contribution in [1.29, 1.82) is 0 Å². The largest absolute Gasteiger partial charge is 0.507 e. The summed E-state index contributed by atoms with van der Waals surface area (Å²) in [6.45, 7) is 2.17. The molecule has 0 aliphatic rings. The topological polar surface area (TPSA) is 92.9 Å². The third kappa shape index (κ3) is 4.14. The van der Waals surface area contributed by atoms with E-state index in [9.17, 15) is 14.7 Å². The minimum absolute atomic E-state index is 0.0897. The molecule has 1 amide bonds. The third-order valence-electron chi connectivity index (χ3n) is 3.94. The number of phenols is 1.